The van der Waals surface area contributed by atoms with Crippen molar-refractivity contribution in [1.82, 2.24) is 4.57 Å². The van der Waals surface area contributed by atoms with Crippen molar-refractivity contribution in [1.29, 1.82) is 0 Å². The van der Waals surface area contributed by atoms with Gasteiger partial charge in [0.2, 0.25) is 0 Å². The summed E-state index contributed by atoms with van der Waals surface area (Å²) in [7, 11) is 1.56. The molecule has 40 heavy (non-hydrogen) atoms. The summed E-state index contributed by atoms with van der Waals surface area (Å²) >= 11 is 7.29. The molecule has 4 aromatic rings. The quantitative estimate of drug-likeness (QED) is 0.322. The summed E-state index contributed by atoms with van der Waals surface area (Å²) in [5, 5.41) is 9.30. The minimum absolute atomic E-state index is 0.0119. The smallest absolute Gasteiger partial charge is 0.338 e. The number of thiazole rings is 1. The Morgan fingerprint density at radius 1 is 1.18 bits per heavy atom. The summed E-state index contributed by atoms with van der Waals surface area (Å²) in [4.78, 5) is 43.0. The van der Waals surface area contributed by atoms with Crippen LogP contribution in [0.25, 0.3) is 17.4 Å². The molecular formula is C29H23ClN2O7S. The molecule has 0 unspecified atom stereocenters. The summed E-state index contributed by atoms with van der Waals surface area (Å²) in [5.74, 6) is -0.166. The van der Waals surface area contributed by atoms with Gasteiger partial charge in [-0.05, 0) is 55.8 Å². The number of hydrogen-bond donors (Lipinski definition) is 1. The van der Waals surface area contributed by atoms with E-state index in [1.807, 2.05) is 0 Å². The molecule has 3 heterocycles. The number of aromatic nitrogens is 1. The van der Waals surface area contributed by atoms with E-state index in [4.69, 9.17) is 25.5 Å². The van der Waals surface area contributed by atoms with Crippen LogP contribution in [0.1, 0.15) is 41.6 Å². The SMILES string of the molecule is CCOC(=O)C1=C(C)N=c2s/c(=C/c3ccc(-c4ccc(C(=O)O)c(Cl)c4)o3)c(=O)n2[C@@H]1c1ccc(OC)cc1. The second-order valence-corrected chi connectivity index (χ2v) is 10.2. The lowest BCUT2D eigenvalue weighted by Gasteiger charge is -2.24. The van der Waals surface area contributed by atoms with Crippen LogP contribution in [0.4, 0.5) is 0 Å². The van der Waals surface area contributed by atoms with Gasteiger partial charge in [0.25, 0.3) is 5.56 Å². The van der Waals surface area contributed by atoms with E-state index in [2.05, 4.69) is 4.99 Å². The summed E-state index contributed by atoms with van der Waals surface area (Å²) in [5.41, 5.74) is 1.69. The third kappa shape index (κ3) is 4.99. The van der Waals surface area contributed by atoms with Crippen molar-refractivity contribution in [3.63, 3.8) is 0 Å². The number of fused-ring (bicyclic) bond motifs is 1. The number of furan rings is 1. The Labute approximate surface area is 236 Å². The van der Waals surface area contributed by atoms with Crippen molar-refractivity contribution in [2.75, 3.05) is 13.7 Å². The second-order valence-electron chi connectivity index (χ2n) is 8.78. The normalized spacial score (nSPS) is 15.0. The highest BCUT2D eigenvalue weighted by molar-refractivity contribution is 7.07. The van der Waals surface area contributed by atoms with E-state index in [0.29, 0.717) is 43.4 Å². The van der Waals surface area contributed by atoms with Gasteiger partial charge in [0, 0.05) is 11.6 Å². The maximum Gasteiger partial charge on any atom is 0.338 e. The second kappa shape index (κ2) is 11.0. The number of carbonyl (C=O) groups is 2. The van der Waals surface area contributed by atoms with Gasteiger partial charge in [0.05, 0.1) is 46.1 Å². The fourth-order valence-corrected chi connectivity index (χ4v) is 5.74. The highest BCUT2D eigenvalue weighted by Crippen LogP contribution is 2.32. The molecule has 0 spiro atoms. The third-order valence-corrected chi connectivity index (χ3v) is 7.63. The lowest BCUT2D eigenvalue weighted by Crippen LogP contribution is -2.39. The molecule has 1 atom stereocenters. The molecule has 1 aliphatic rings. The van der Waals surface area contributed by atoms with Gasteiger partial charge in [0.15, 0.2) is 4.80 Å². The Morgan fingerprint density at radius 3 is 2.58 bits per heavy atom. The number of benzene rings is 2. The Morgan fingerprint density at radius 2 is 1.93 bits per heavy atom. The Hall–Kier alpha value is -4.41. The number of aromatic carboxylic acids is 1. The van der Waals surface area contributed by atoms with Gasteiger partial charge in [-0.15, -0.1) is 0 Å². The molecule has 0 amide bonds. The predicted octanol–water partition coefficient (Wildman–Crippen LogP) is 4.42. The number of rotatable bonds is 7. The van der Waals surface area contributed by atoms with Crippen LogP contribution >= 0.6 is 22.9 Å². The third-order valence-electron chi connectivity index (χ3n) is 6.33. The molecule has 1 aliphatic heterocycles. The number of carbonyl (C=O) groups excluding carboxylic acids is 1. The number of ether oxygens (including phenoxy) is 2. The molecule has 0 bridgehead atoms. The molecule has 5 rings (SSSR count). The largest absolute Gasteiger partial charge is 0.497 e. The fraction of sp³-hybridized carbons (Fsp3) is 0.172. The number of hydrogen-bond acceptors (Lipinski definition) is 8. The molecule has 2 aromatic carbocycles. The van der Waals surface area contributed by atoms with Gasteiger partial charge in [-0.1, -0.05) is 41.1 Å². The molecule has 0 fully saturated rings. The molecule has 9 nitrogen and oxygen atoms in total. The Balaban J connectivity index is 1.59. The zero-order valence-electron chi connectivity index (χ0n) is 21.6. The van der Waals surface area contributed by atoms with Crippen LogP contribution in [-0.2, 0) is 9.53 Å². The lowest BCUT2D eigenvalue weighted by atomic mass is 9.96. The number of carboxylic acids is 1. The highest BCUT2D eigenvalue weighted by atomic mass is 35.5. The Bertz CT molecular complexity index is 1850. The molecule has 0 radical (unpaired) electrons. The standard InChI is InChI=1S/C29H23ClN2O7S/c1-4-38-28(36)24-15(2)31-29-32(25(24)16-5-8-18(37-3)9-6-16)26(33)23(40-29)14-19-10-12-22(39-19)17-7-11-20(27(34)35)21(30)13-17/h5-14,25H,4H2,1-3H3,(H,34,35)/b23-14+/t25-/m1/s1. The highest BCUT2D eigenvalue weighted by Gasteiger charge is 2.33. The maximum atomic E-state index is 13.7. The van der Waals surface area contributed by atoms with Crippen LogP contribution in [0, 0.1) is 0 Å². The number of nitrogens with zero attached hydrogens (tertiary/aromatic N) is 2. The van der Waals surface area contributed by atoms with Crippen molar-refractivity contribution in [3.05, 3.63) is 107 Å². The van der Waals surface area contributed by atoms with Crippen LogP contribution < -0.4 is 19.6 Å². The zero-order chi connectivity index (χ0) is 28.6. The topological polar surface area (TPSA) is 120 Å². The van der Waals surface area contributed by atoms with E-state index < -0.39 is 18.0 Å². The molecule has 2 aromatic heterocycles. The zero-order valence-corrected chi connectivity index (χ0v) is 23.2. The molecular weight excluding hydrogens is 556 g/mol. The average Bonchev–Trinajstić information content (AvgIpc) is 3.52. The van der Waals surface area contributed by atoms with Gasteiger partial charge >= 0.3 is 11.9 Å². The molecule has 11 heteroatoms. The van der Waals surface area contributed by atoms with E-state index in [9.17, 15) is 19.5 Å². The van der Waals surface area contributed by atoms with Gasteiger partial charge in [-0.3, -0.25) is 9.36 Å². The maximum absolute atomic E-state index is 13.7. The summed E-state index contributed by atoms with van der Waals surface area (Å²) < 4.78 is 18.4. The van der Waals surface area contributed by atoms with Crippen molar-refractivity contribution >= 4 is 41.0 Å². The number of halogens is 1. The number of esters is 1. The predicted molar refractivity (Wildman–Crippen MR) is 150 cm³/mol. The first kappa shape index (κ1) is 27.2. The van der Waals surface area contributed by atoms with Gasteiger partial charge in [-0.25, -0.2) is 14.6 Å². The first-order valence-electron chi connectivity index (χ1n) is 12.2. The molecule has 0 saturated carbocycles. The minimum atomic E-state index is -1.12. The number of methoxy groups -OCH3 is 1. The first-order chi connectivity index (χ1) is 19.2. The molecule has 204 valence electrons. The average molecular weight is 579 g/mol. The number of allylic oxidation sites excluding steroid dienone is 1. The van der Waals surface area contributed by atoms with Gasteiger partial charge in [-0.2, -0.15) is 0 Å². The van der Waals surface area contributed by atoms with Crippen LogP contribution in [0.5, 0.6) is 5.75 Å². The fourth-order valence-electron chi connectivity index (χ4n) is 4.45. The first-order valence-corrected chi connectivity index (χ1v) is 13.4. The monoisotopic (exact) mass is 578 g/mol. The van der Waals surface area contributed by atoms with Crippen LogP contribution in [0.3, 0.4) is 0 Å². The van der Waals surface area contributed by atoms with Gasteiger partial charge in [0.1, 0.15) is 17.3 Å². The van der Waals surface area contributed by atoms with Crippen molar-refractivity contribution < 1.29 is 28.6 Å². The summed E-state index contributed by atoms with van der Waals surface area (Å²) in [6.07, 6.45) is 1.61. The van der Waals surface area contributed by atoms with E-state index in [1.54, 1.807) is 69.5 Å². The van der Waals surface area contributed by atoms with Crippen molar-refractivity contribution in [2.45, 2.75) is 19.9 Å². The van der Waals surface area contributed by atoms with Crippen LogP contribution in [0.2, 0.25) is 5.02 Å². The Kier molecular flexibility index (Phi) is 7.46. The number of carboxylic acid groups (broad SMARTS) is 1. The summed E-state index contributed by atoms with van der Waals surface area (Å²) in [6.45, 7) is 3.62. The molecule has 1 N–H and O–H groups in total. The van der Waals surface area contributed by atoms with Crippen LogP contribution in [-0.4, -0.2) is 35.3 Å². The molecule has 0 aliphatic carbocycles. The lowest BCUT2D eigenvalue weighted by molar-refractivity contribution is -0.139. The minimum Gasteiger partial charge on any atom is -0.497 e. The van der Waals surface area contributed by atoms with Gasteiger partial charge < -0.3 is 19.0 Å². The van der Waals surface area contributed by atoms with E-state index >= 15 is 0 Å². The molecule has 0 saturated heterocycles. The van der Waals surface area contributed by atoms with Crippen LogP contribution in [0.15, 0.2) is 80.1 Å². The van der Waals surface area contributed by atoms with E-state index in [1.165, 1.54) is 28.0 Å². The van der Waals surface area contributed by atoms with E-state index in [0.717, 1.165) is 0 Å². The van der Waals surface area contributed by atoms with Crippen molar-refractivity contribution in [3.8, 4) is 17.1 Å². The van der Waals surface area contributed by atoms with Crippen molar-refractivity contribution in [2.24, 2.45) is 4.99 Å². The van der Waals surface area contributed by atoms with E-state index in [-0.39, 0.29) is 28.3 Å². The summed E-state index contributed by atoms with van der Waals surface area (Å²) in [6, 6.07) is 14.3.